The molecule has 0 N–H and O–H groups in total. The lowest BCUT2D eigenvalue weighted by Gasteiger charge is -2.31. The van der Waals surface area contributed by atoms with Crippen molar-refractivity contribution in [2.24, 2.45) is 10.9 Å². The molecule has 0 saturated carbocycles. The van der Waals surface area contributed by atoms with Gasteiger partial charge in [-0.15, -0.1) is 0 Å². The van der Waals surface area contributed by atoms with Crippen molar-refractivity contribution in [3.05, 3.63) is 81.2 Å². The van der Waals surface area contributed by atoms with Crippen molar-refractivity contribution in [2.45, 2.75) is 33.6 Å². The molecule has 1 aliphatic heterocycles. The molecule has 2 unspecified atom stereocenters. The van der Waals surface area contributed by atoms with E-state index in [0.717, 1.165) is 0 Å². The van der Waals surface area contributed by atoms with Gasteiger partial charge in [0.05, 0.1) is 18.1 Å². The molecule has 4 rings (SSSR count). The summed E-state index contributed by atoms with van der Waals surface area (Å²) < 4.78 is 21.8. The molecule has 3 aromatic rings. The molecule has 202 valence electrons. The second-order valence-corrected chi connectivity index (χ2v) is 9.18. The molecule has 9 heteroatoms. The number of rotatable bonds is 7. The standard InChI is InChI=1S/C30H29NO8/c1-16-26(33)22-13-9-12-21(28(22)39-27(16)20-10-7-6-8-11-20)25-23(29(34)36-5)17(2)31-18(3)24(25)30(35)38-15-14-37-19(4)32/h6-13,23,25H,14-15H2,1-5H3. The molecule has 39 heavy (non-hydrogen) atoms. The predicted molar refractivity (Wildman–Crippen MR) is 144 cm³/mol. The Labute approximate surface area is 225 Å². The van der Waals surface area contributed by atoms with Crippen molar-refractivity contribution >= 4 is 34.6 Å². The van der Waals surface area contributed by atoms with Crippen LogP contribution in [0.1, 0.15) is 37.8 Å². The second-order valence-electron chi connectivity index (χ2n) is 9.18. The van der Waals surface area contributed by atoms with Gasteiger partial charge in [-0.1, -0.05) is 42.5 Å². The Hall–Kier alpha value is -4.53. The molecule has 1 aliphatic rings. The number of ether oxygens (including phenoxy) is 3. The van der Waals surface area contributed by atoms with Gasteiger partial charge < -0.3 is 18.6 Å². The van der Waals surface area contributed by atoms with Crippen molar-refractivity contribution in [3.63, 3.8) is 0 Å². The van der Waals surface area contributed by atoms with Crippen LogP contribution in [0.4, 0.5) is 0 Å². The zero-order valence-electron chi connectivity index (χ0n) is 22.4. The molecule has 0 bridgehead atoms. The van der Waals surface area contributed by atoms with Crippen LogP contribution >= 0.6 is 0 Å². The molecular formula is C30H29NO8. The zero-order chi connectivity index (χ0) is 28.3. The first kappa shape index (κ1) is 27.5. The summed E-state index contributed by atoms with van der Waals surface area (Å²) in [7, 11) is 1.26. The number of carbonyl (C=O) groups excluding carboxylic acids is 3. The summed E-state index contributed by atoms with van der Waals surface area (Å²) >= 11 is 0. The molecule has 1 aromatic heterocycles. The van der Waals surface area contributed by atoms with Crippen LogP contribution in [0, 0.1) is 12.8 Å². The molecular weight excluding hydrogens is 502 g/mol. The van der Waals surface area contributed by atoms with Gasteiger partial charge in [-0.25, -0.2) is 4.79 Å². The summed E-state index contributed by atoms with van der Waals surface area (Å²) in [5.74, 6) is -3.35. The monoisotopic (exact) mass is 531 g/mol. The molecule has 2 heterocycles. The van der Waals surface area contributed by atoms with E-state index in [1.807, 2.05) is 30.3 Å². The van der Waals surface area contributed by atoms with Gasteiger partial charge in [-0.2, -0.15) is 0 Å². The molecule has 9 nitrogen and oxygen atoms in total. The highest BCUT2D eigenvalue weighted by atomic mass is 16.6. The van der Waals surface area contributed by atoms with E-state index < -0.39 is 29.7 Å². The fourth-order valence-electron chi connectivity index (χ4n) is 4.91. The molecule has 0 fully saturated rings. The van der Waals surface area contributed by atoms with Crippen LogP contribution in [0.3, 0.4) is 0 Å². The fourth-order valence-corrected chi connectivity index (χ4v) is 4.91. The highest BCUT2D eigenvalue weighted by Gasteiger charge is 2.43. The van der Waals surface area contributed by atoms with Crippen LogP contribution in [0.25, 0.3) is 22.3 Å². The maximum Gasteiger partial charge on any atom is 0.336 e. The van der Waals surface area contributed by atoms with E-state index in [-0.39, 0.29) is 29.8 Å². The highest BCUT2D eigenvalue weighted by molar-refractivity contribution is 6.07. The predicted octanol–water partition coefficient (Wildman–Crippen LogP) is 4.50. The lowest BCUT2D eigenvalue weighted by atomic mass is 9.75. The van der Waals surface area contributed by atoms with E-state index >= 15 is 0 Å². The third kappa shape index (κ3) is 5.38. The summed E-state index contributed by atoms with van der Waals surface area (Å²) in [5.41, 5.74) is 2.53. The number of nitrogens with zero attached hydrogens (tertiary/aromatic N) is 1. The van der Waals surface area contributed by atoms with E-state index in [1.165, 1.54) is 14.0 Å². The average Bonchev–Trinajstić information content (AvgIpc) is 2.92. The summed E-state index contributed by atoms with van der Waals surface area (Å²) in [6, 6.07) is 14.3. The Morgan fingerprint density at radius 2 is 1.64 bits per heavy atom. The number of aliphatic imine (C=N–C) groups is 1. The first-order valence-corrected chi connectivity index (χ1v) is 12.4. The topological polar surface area (TPSA) is 121 Å². The number of methoxy groups -OCH3 is 1. The Bertz CT molecular complexity index is 1570. The number of hydrogen-bond donors (Lipinski definition) is 0. The maximum absolute atomic E-state index is 13.5. The van der Waals surface area contributed by atoms with Gasteiger partial charge in [0.25, 0.3) is 0 Å². The van der Waals surface area contributed by atoms with E-state index in [1.54, 1.807) is 39.0 Å². The van der Waals surface area contributed by atoms with Crippen LogP contribution in [-0.2, 0) is 28.6 Å². The Balaban J connectivity index is 1.93. The summed E-state index contributed by atoms with van der Waals surface area (Å²) in [4.78, 5) is 55.5. The smallest absolute Gasteiger partial charge is 0.336 e. The zero-order valence-corrected chi connectivity index (χ0v) is 22.4. The third-order valence-electron chi connectivity index (χ3n) is 6.67. The number of esters is 3. The SMILES string of the molecule is COC(=O)C1C(C)=NC(C)=C(C(=O)OCCOC(C)=O)C1c1cccc2c(=O)c(C)c(-c3ccccc3)oc12. The van der Waals surface area contributed by atoms with Crippen LogP contribution < -0.4 is 5.43 Å². The van der Waals surface area contributed by atoms with E-state index in [2.05, 4.69) is 4.99 Å². The number of para-hydroxylation sites is 1. The highest BCUT2D eigenvalue weighted by Crippen LogP contribution is 2.43. The minimum atomic E-state index is -0.980. The first-order chi connectivity index (χ1) is 18.6. The van der Waals surface area contributed by atoms with Gasteiger partial charge in [0.1, 0.15) is 30.5 Å². The van der Waals surface area contributed by atoms with Crippen LogP contribution in [0.2, 0.25) is 0 Å². The molecule has 2 atom stereocenters. The molecule has 2 aromatic carbocycles. The van der Waals surface area contributed by atoms with Crippen molar-refractivity contribution in [1.29, 1.82) is 0 Å². The number of benzene rings is 2. The number of carbonyl (C=O) groups is 3. The first-order valence-electron chi connectivity index (χ1n) is 12.4. The Morgan fingerprint density at radius 1 is 0.949 bits per heavy atom. The van der Waals surface area contributed by atoms with Crippen molar-refractivity contribution in [2.75, 3.05) is 20.3 Å². The molecule has 0 spiro atoms. The number of fused-ring (bicyclic) bond motifs is 1. The average molecular weight is 532 g/mol. The number of allylic oxidation sites excluding steroid dienone is 1. The lowest BCUT2D eigenvalue weighted by Crippen LogP contribution is -2.36. The quantitative estimate of drug-likeness (QED) is 0.248. The number of hydrogen-bond acceptors (Lipinski definition) is 9. The van der Waals surface area contributed by atoms with Crippen LogP contribution in [-0.4, -0.2) is 43.9 Å². The van der Waals surface area contributed by atoms with E-state index in [4.69, 9.17) is 18.6 Å². The van der Waals surface area contributed by atoms with Crippen molar-refractivity contribution in [1.82, 2.24) is 0 Å². The largest absolute Gasteiger partial charge is 0.468 e. The molecule has 0 aliphatic carbocycles. The Morgan fingerprint density at radius 3 is 2.31 bits per heavy atom. The van der Waals surface area contributed by atoms with Gasteiger partial charge in [0.2, 0.25) is 0 Å². The molecule has 0 radical (unpaired) electrons. The van der Waals surface area contributed by atoms with E-state index in [0.29, 0.717) is 39.2 Å². The fraction of sp³-hybridized carbons (Fsp3) is 0.300. The van der Waals surface area contributed by atoms with Gasteiger partial charge in [-0.05, 0) is 26.8 Å². The third-order valence-corrected chi connectivity index (χ3v) is 6.67. The summed E-state index contributed by atoms with van der Waals surface area (Å²) in [5, 5.41) is 0.314. The second kappa shape index (κ2) is 11.5. The van der Waals surface area contributed by atoms with Crippen LogP contribution in [0.15, 0.2) is 74.0 Å². The molecule has 0 saturated heterocycles. The minimum Gasteiger partial charge on any atom is -0.468 e. The van der Waals surface area contributed by atoms with Crippen molar-refractivity contribution in [3.8, 4) is 11.3 Å². The Kier molecular flexibility index (Phi) is 8.09. The van der Waals surface area contributed by atoms with Gasteiger partial charge in [-0.3, -0.25) is 19.4 Å². The summed E-state index contributed by atoms with van der Waals surface area (Å²) in [6.45, 7) is 5.98. The normalized spacial score (nSPS) is 17.0. The minimum absolute atomic E-state index is 0.121. The lowest BCUT2D eigenvalue weighted by molar-refractivity contribution is -0.149. The maximum atomic E-state index is 13.5. The van der Waals surface area contributed by atoms with Gasteiger partial charge in [0, 0.05) is 40.9 Å². The summed E-state index contributed by atoms with van der Waals surface area (Å²) in [6.07, 6.45) is 0. The van der Waals surface area contributed by atoms with Crippen molar-refractivity contribution < 1.29 is 33.0 Å². The van der Waals surface area contributed by atoms with E-state index in [9.17, 15) is 19.2 Å². The van der Waals surface area contributed by atoms with Gasteiger partial charge in [0.15, 0.2) is 5.43 Å². The molecule has 0 amide bonds. The van der Waals surface area contributed by atoms with Crippen LogP contribution in [0.5, 0.6) is 0 Å². The van der Waals surface area contributed by atoms with Gasteiger partial charge >= 0.3 is 17.9 Å².